The highest BCUT2D eigenvalue weighted by atomic mass is 35.5. The fourth-order valence-electron chi connectivity index (χ4n) is 1.25. The van der Waals surface area contributed by atoms with Crippen LogP contribution >= 0.6 is 11.8 Å². The number of nitrogens with one attached hydrogen (secondary N) is 1. The van der Waals surface area contributed by atoms with E-state index in [0.29, 0.717) is 12.3 Å². The van der Waals surface area contributed by atoms with Gasteiger partial charge in [0, 0.05) is 12.1 Å². The molecule has 0 aliphatic carbocycles. The Labute approximate surface area is 90.0 Å². The van der Waals surface area contributed by atoms with Crippen LogP contribution < -0.4 is 4.84 Å². The van der Waals surface area contributed by atoms with Crippen LogP contribution in [0, 0.1) is 0 Å². The van der Waals surface area contributed by atoms with Gasteiger partial charge in [0.2, 0.25) is 0 Å². The molecule has 0 aromatic heterocycles. The first-order chi connectivity index (χ1) is 6.45. The van der Waals surface area contributed by atoms with Crippen LogP contribution in [-0.2, 0) is 12.0 Å². The lowest BCUT2D eigenvalue weighted by atomic mass is 9.86. The Hall–Kier alpha value is -0.730. The molecular weight excluding hydrogens is 198 g/mol. The molecule has 3 heteroatoms. The summed E-state index contributed by atoms with van der Waals surface area (Å²) in [5.74, 6) is 0.297. The first-order valence-corrected chi connectivity index (χ1v) is 4.99. The van der Waals surface area contributed by atoms with Crippen LogP contribution in [0.3, 0.4) is 0 Å². The Kier molecular flexibility index (Phi) is 3.40. The first-order valence-electron chi connectivity index (χ1n) is 4.61. The van der Waals surface area contributed by atoms with E-state index in [-0.39, 0.29) is 5.41 Å². The van der Waals surface area contributed by atoms with E-state index in [4.69, 9.17) is 11.8 Å². The van der Waals surface area contributed by atoms with E-state index in [2.05, 4.69) is 25.6 Å². The normalized spacial score (nSPS) is 11.7. The van der Waals surface area contributed by atoms with Gasteiger partial charge in [0.15, 0.2) is 0 Å². The molecule has 2 N–H and O–H groups in total. The molecule has 0 atom stereocenters. The number of halogens is 1. The van der Waals surface area contributed by atoms with Gasteiger partial charge in [0.25, 0.3) is 0 Å². The molecular formula is C11H16ClNO. The molecule has 1 rings (SSSR count). The van der Waals surface area contributed by atoms with Crippen LogP contribution in [0.4, 0.5) is 0 Å². The summed E-state index contributed by atoms with van der Waals surface area (Å²) in [6.45, 7) is 6.81. The SMILES string of the molecule is CC(C)(C)c1ccc(CNCl)c(O)c1. The van der Waals surface area contributed by atoms with Crippen molar-refractivity contribution in [1.29, 1.82) is 0 Å². The zero-order valence-electron chi connectivity index (χ0n) is 8.76. The molecule has 1 aromatic rings. The third-order valence-corrected chi connectivity index (χ3v) is 2.34. The van der Waals surface area contributed by atoms with Crippen molar-refractivity contribution >= 4 is 11.8 Å². The van der Waals surface area contributed by atoms with Gasteiger partial charge >= 0.3 is 0 Å². The molecule has 0 bridgehead atoms. The molecule has 0 aliphatic heterocycles. The molecule has 0 radical (unpaired) electrons. The van der Waals surface area contributed by atoms with Crippen LogP contribution in [-0.4, -0.2) is 5.11 Å². The van der Waals surface area contributed by atoms with Gasteiger partial charge in [-0.2, -0.15) is 0 Å². The molecule has 0 spiro atoms. The Balaban J connectivity index is 3.01. The summed E-state index contributed by atoms with van der Waals surface area (Å²) in [5, 5.41) is 9.69. The fourth-order valence-corrected chi connectivity index (χ4v) is 1.40. The molecule has 78 valence electrons. The quantitative estimate of drug-likeness (QED) is 0.741. The van der Waals surface area contributed by atoms with Crippen molar-refractivity contribution in [2.24, 2.45) is 0 Å². The molecule has 0 amide bonds. The fraction of sp³-hybridized carbons (Fsp3) is 0.455. The monoisotopic (exact) mass is 213 g/mol. The summed E-state index contributed by atoms with van der Waals surface area (Å²) in [4.78, 5) is 2.50. The van der Waals surface area contributed by atoms with Crippen molar-refractivity contribution in [2.75, 3.05) is 0 Å². The Morgan fingerprint density at radius 1 is 1.36 bits per heavy atom. The zero-order valence-corrected chi connectivity index (χ0v) is 9.52. The van der Waals surface area contributed by atoms with Gasteiger partial charge in [0.05, 0.1) is 0 Å². The lowest BCUT2D eigenvalue weighted by Gasteiger charge is -2.19. The number of hydrogen-bond acceptors (Lipinski definition) is 2. The van der Waals surface area contributed by atoms with Crippen molar-refractivity contribution < 1.29 is 5.11 Å². The van der Waals surface area contributed by atoms with Crippen molar-refractivity contribution in [2.45, 2.75) is 32.7 Å². The molecule has 0 heterocycles. The maximum atomic E-state index is 9.69. The lowest BCUT2D eigenvalue weighted by Crippen LogP contribution is -2.11. The minimum atomic E-state index is 0.0599. The van der Waals surface area contributed by atoms with E-state index in [9.17, 15) is 5.11 Å². The highest BCUT2D eigenvalue weighted by Gasteiger charge is 2.14. The van der Waals surface area contributed by atoms with E-state index in [1.165, 1.54) is 0 Å². The summed E-state index contributed by atoms with van der Waals surface area (Å²) >= 11 is 5.38. The zero-order chi connectivity index (χ0) is 10.8. The maximum Gasteiger partial charge on any atom is 0.120 e. The average Bonchev–Trinajstić information content (AvgIpc) is 2.07. The first kappa shape index (κ1) is 11.3. The van der Waals surface area contributed by atoms with Gasteiger partial charge in [-0.3, -0.25) is 0 Å². The summed E-state index contributed by atoms with van der Waals surface area (Å²) in [5.41, 5.74) is 1.99. The Morgan fingerprint density at radius 3 is 2.43 bits per heavy atom. The van der Waals surface area contributed by atoms with Crippen LogP contribution in [0.1, 0.15) is 31.9 Å². The largest absolute Gasteiger partial charge is 0.508 e. The number of aromatic hydroxyl groups is 1. The van der Waals surface area contributed by atoms with Gasteiger partial charge in [-0.15, -0.1) is 0 Å². The molecule has 0 unspecified atom stereocenters. The molecule has 0 saturated heterocycles. The van der Waals surface area contributed by atoms with Crippen molar-refractivity contribution in [3.05, 3.63) is 29.3 Å². The maximum absolute atomic E-state index is 9.69. The Morgan fingerprint density at radius 2 is 2.00 bits per heavy atom. The second-order valence-corrected chi connectivity index (χ2v) is 4.67. The van der Waals surface area contributed by atoms with E-state index < -0.39 is 0 Å². The van der Waals surface area contributed by atoms with E-state index in [0.717, 1.165) is 11.1 Å². The highest BCUT2D eigenvalue weighted by Crippen LogP contribution is 2.27. The van der Waals surface area contributed by atoms with Crippen LogP contribution in [0.25, 0.3) is 0 Å². The molecule has 0 aliphatic rings. The topological polar surface area (TPSA) is 32.3 Å². The average molecular weight is 214 g/mol. The lowest BCUT2D eigenvalue weighted by molar-refractivity contribution is 0.463. The molecule has 14 heavy (non-hydrogen) atoms. The summed E-state index contributed by atoms with van der Waals surface area (Å²) in [6.07, 6.45) is 0. The molecule has 2 nitrogen and oxygen atoms in total. The standard InChI is InChI=1S/C11H16ClNO/c1-11(2,3)9-5-4-8(7-13-12)10(14)6-9/h4-6,13-14H,7H2,1-3H3. The minimum Gasteiger partial charge on any atom is -0.508 e. The van der Waals surface area contributed by atoms with Crippen molar-refractivity contribution in [1.82, 2.24) is 4.84 Å². The third-order valence-electron chi connectivity index (χ3n) is 2.21. The van der Waals surface area contributed by atoms with Crippen LogP contribution in [0.5, 0.6) is 5.75 Å². The number of phenols is 1. The van der Waals surface area contributed by atoms with Gasteiger partial charge in [0.1, 0.15) is 5.75 Å². The Bertz CT molecular complexity index is 318. The predicted octanol–water partition coefficient (Wildman–Crippen LogP) is 2.93. The summed E-state index contributed by atoms with van der Waals surface area (Å²) in [6, 6.07) is 5.71. The summed E-state index contributed by atoms with van der Waals surface area (Å²) in [7, 11) is 0. The number of hydrogen-bond donors (Lipinski definition) is 2. The number of rotatable bonds is 2. The van der Waals surface area contributed by atoms with Gasteiger partial charge in [-0.25, -0.2) is 4.84 Å². The van der Waals surface area contributed by atoms with Gasteiger partial charge in [-0.05, 0) is 28.8 Å². The second kappa shape index (κ2) is 4.20. The van der Waals surface area contributed by atoms with Crippen molar-refractivity contribution in [3.8, 4) is 5.75 Å². The predicted molar refractivity (Wildman–Crippen MR) is 59.5 cm³/mol. The highest BCUT2D eigenvalue weighted by molar-refractivity contribution is 6.13. The van der Waals surface area contributed by atoms with E-state index >= 15 is 0 Å². The van der Waals surface area contributed by atoms with Crippen LogP contribution in [0.15, 0.2) is 18.2 Å². The van der Waals surface area contributed by atoms with E-state index in [1.807, 2.05) is 12.1 Å². The minimum absolute atomic E-state index is 0.0599. The van der Waals surface area contributed by atoms with Crippen LogP contribution in [0.2, 0.25) is 0 Å². The molecule has 1 aromatic carbocycles. The molecule has 0 saturated carbocycles. The van der Waals surface area contributed by atoms with Gasteiger partial charge in [-0.1, -0.05) is 32.9 Å². The summed E-state index contributed by atoms with van der Waals surface area (Å²) < 4.78 is 0. The van der Waals surface area contributed by atoms with Gasteiger partial charge < -0.3 is 5.11 Å². The molecule has 0 fully saturated rings. The third kappa shape index (κ3) is 2.63. The van der Waals surface area contributed by atoms with Crippen molar-refractivity contribution in [3.63, 3.8) is 0 Å². The number of benzene rings is 1. The number of phenolic OH excluding ortho intramolecular Hbond substituents is 1. The van der Waals surface area contributed by atoms with E-state index in [1.54, 1.807) is 6.07 Å². The second-order valence-electron chi connectivity index (χ2n) is 4.40. The smallest absolute Gasteiger partial charge is 0.120 e.